The molecular formula is C15H33N3. The Bertz CT molecular complexity index is 212. The highest BCUT2D eigenvalue weighted by Gasteiger charge is 2.18. The Morgan fingerprint density at radius 2 is 1.61 bits per heavy atom. The van der Waals surface area contributed by atoms with Crippen LogP contribution in [0.5, 0.6) is 0 Å². The van der Waals surface area contributed by atoms with Crippen LogP contribution in [-0.2, 0) is 0 Å². The minimum atomic E-state index is 0.454. The Balaban J connectivity index is 2.01. The second-order valence-corrected chi connectivity index (χ2v) is 7.03. The molecule has 0 aromatic carbocycles. The topological polar surface area (TPSA) is 18.5 Å². The van der Waals surface area contributed by atoms with E-state index >= 15 is 0 Å². The average molecular weight is 255 g/mol. The Kier molecular flexibility index (Phi) is 6.61. The molecule has 3 nitrogen and oxygen atoms in total. The number of piperazine rings is 1. The normalized spacial score (nSPS) is 19.7. The Morgan fingerprint density at radius 1 is 1.00 bits per heavy atom. The van der Waals surface area contributed by atoms with Gasteiger partial charge in [-0.15, -0.1) is 0 Å². The molecule has 1 rings (SSSR count). The van der Waals surface area contributed by atoms with Gasteiger partial charge in [0.2, 0.25) is 0 Å². The summed E-state index contributed by atoms with van der Waals surface area (Å²) in [4.78, 5) is 5.16. The van der Waals surface area contributed by atoms with Gasteiger partial charge in [-0.25, -0.2) is 0 Å². The molecule has 0 unspecified atom stereocenters. The van der Waals surface area contributed by atoms with Crippen molar-refractivity contribution in [3.05, 3.63) is 0 Å². The van der Waals surface area contributed by atoms with Crippen LogP contribution in [-0.4, -0.2) is 61.7 Å². The van der Waals surface area contributed by atoms with Crippen LogP contribution < -0.4 is 5.32 Å². The summed E-state index contributed by atoms with van der Waals surface area (Å²) in [7, 11) is 0. The third-order valence-electron chi connectivity index (χ3n) is 3.79. The van der Waals surface area contributed by atoms with Crippen LogP contribution in [0.25, 0.3) is 0 Å². The zero-order valence-electron chi connectivity index (χ0n) is 13.1. The lowest BCUT2D eigenvalue weighted by Crippen LogP contribution is -2.50. The smallest absolute Gasteiger partial charge is 0.0113 e. The van der Waals surface area contributed by atoms with E-state index < -0.39 is 0 Å². The molecule has 0 aromatic heterocycles. The highest BCUT2D eigenvalue weighted by Crippen LogP contribution is 2.16. The molecule has 0 bridgehead atoms. The van der Waals surface area contributed by atoms with Crippen molar-refractivity contribution in [1.82, 2.24) is 15.1 Å². The maximum Gasteiger partial charge on any atom is 0.0113 e. The van der Waals surface area contributed by atoms with Crippen molar-refractivity contribution in [3.63, 3.8) is 0 Å². The van der Waals surface area contributed by atoms with Crippen molar-refractivity contribution in [2.24, 2.45) is 5.41 Å². The second kappa shape index (κ2) is 7.46. The summed E-state index contributed by atoms with van der Waals surface area (Å²) in [6, 6.07) is 0.706. The minimum absolute atomic E-state index is 0.454. The number of hydrogen-bond donors (Lipinski definition) is 1. The van der Waals surface area contributed by atoms with Gasteiger partial charge in [0.25, 0.3) is 0 Å². The van der Waals surface area contributed by atoms with Crippen molar-refractivity contribution in [1.29, 1.82) is 0 Å². The van der Waals surface area contributed by atoms with Gasteiger partial charge in [0.05, 0.1) is 0 Å². The Hall–Kier alpha value is -0.120. The van der Waals surface area contributed by atoms with Gasteiger partial charge in [-0.05, 0) is 32.2 Å². The minimum Gasteiger partial charge on any atom is -0.315 e. The van der Waals surface area contributed by atoms with E-state index in [0.29, 0.717) is 11.5 Å². The van der Waals surface area contributed by atoms with Crippen LogP contribution in [0.3, 0.4) is 0 Å². The fourth-order valence-electron chi connectivity index (χ4n) is 2.33. The third-order valence-corrected chi connectivity index (χ3v) is 3.79. The molecule has 0 spiro atoms. The molecule has 0 saturated carbocycles. The van der Waals surface area contributed by atoms with Crippen molar-refractivity contribution >= 4 is 0 Å². The highest BCUT2D eigenvalue weighted by atomic mass is 15.3. The van der Waals surface area contributed by atoms with E-state index in [1.165, 1.54) is 39.1 Å². The van der Waals surface area contributed by atoms with Gasteiger partial charge < -0.3 is 5.32 Å². The number of nitrogens with zero attached hydrogens (tertiary/aromatic N) is 2. The Labute approximate surface area is 114 Å². The lowest BCUT2D eigenvalue weighted by molar-refractivity contribution is 0.109. The first-order valence-corrected chi connectivity index (χ1v) is 7.55. The van der Waals surface area contributed by atoms with Gasteiger partial charge in [0.15, 0.2) is 0 Å². The summed E-state index contributed by atoms with van der Waals surface area (Å²) >= 11 is 0. The van der Waals surface area contributed by atoms with Gasteiger partial charge in [-0.2, -0.15) is 0 Å². The maximum absolute atomic E-state index is 3.57. The molecule has 18 heavy (non-hydrogen) atoms. The molecule has 1 N–H and O–H groups in total. The predicted octanol–water partition coefficient (Wildman–Crippen LogP) is 2.04. The number of nitrogens with one attached hydrogen (secondary N) is 1. The van der Waals surface area contributed by atoms with E-state index in [1.807, 2.05) is 0 Å². The maximum atomic E-state index is 3.57. The monoisotopic (exact) mass is 255 g/mol. The van der Waals surface area contributed by atoms with Gasteiger partial charge in [-0.3, -0.25) is 9.80 Å². The second-order valence-electron chi connectivity index (χ2n) is 7.03. The summed E-state index contributed by atoms with van der Waals surface area (Å²) in [5.41, 5.74) is 0.454. The Morgan fingerprint density at radius 3 is 2.11 bits per heavy atom. The van der Waals surface area contributed by atoms with E-state index in [9.17, 15) is 0 Å². The summed E-state index contributed by atoms with van der Waals surface area (Å²) in [6.45, 7) is 19.9. The quantitative estimate of drug-likeness (QED) is 0.733. The summed E-state index contributed by atoms with van der Waals surface area (Å²) in [5, 5.41) is 3.57. The molecular weight excluding hydrogens is 222 g/mol. The average Bonchev–Trinajstić information content (AvgIpc) is 2.27. The third kappa shape index (κ3) is 6.72. The number of rotatable bonds is 6. The molecule has 1 heterocycles. The van der Waals surface area contributed by atoms with Crippen molar-refractivity contribution in [2.45, 2.75) is 47.1 Å². The van der Waals surface area contributed by atoms with Gasteiger partial charge in [0.1, 0.15) is 0 Å². The summed E-state index contributed by atoms with van der Waals surface area (Å²) in [5.74, 6) is 0. The van der Waals surface area contributed by atoms with Crippen LogP contribution in [0.1, 0.15) is 41.0 Å². The lowest BCUT2D eigenvalue weighted by atomic mass is 9.92. The van der Waals surface area contributed by atoms with E-state index in [-0.39, 0.29) is 0 Å². The molecule has 1 fully saturated rings. The van der Waals surface area contributed by atoms with E-state index in [4.69, 9.17) is 0 Å². The van der Waals surface area contributed by atoms with Gasteiger partial charge >= 0.3 is 0 Å². The molecule has 0 atom stereocenters. The van der Waals surface area contributed by atoms with Crippen molar-refractivity contribution < 1.29 is 0 Å². The highest BCUT2D eigenvalue weighted by molar-refractivity contribution is 4.74. The largest absolute Gasteiger partial charge is 0.315 e. The molecule has 1 aliphatic heterocycles. The predicted molar refractivity (Wildman–Crippen MR) is 80.1 cm³/mol. The van der Waals surface area contributed by atoms with Gasteiger partial charge in [0, 0.05) is 45.3 Å². The summed E-state index contributed by atoms with van der Waals surface area (Å²) < 4.78 is 0. The van der Waals surface area contributed by atoms with E-state index in [0.717, 1.165) is 13.1 Å². The lowest BCUT2D eigenvalue weighted by Gasteiger charge is -2.37. The van der Waals surface area contributed by atoms with Crippen LogP contribution in [0.2, 0.25) is 0 Å². The molecule has 0 aromatic rings. The first-order chi connectivity index (χ1) is 8.38. The zero-order chi connectivity index (χ0) is 13.6. The fourth-order valence-corrected chi connectivity index (χ4v) is 2.33. The molecule has 108 valence electrons. The van der Waals surface area contributed by atoms with Crippen LogP contribution in [0, 0.1) is 5.41 Å². The molecule has 0 amide bonds. The van der Waals surface area contributed by atoms with Crippen LogP contribution in [0.4, 0.5) is 0 Å². The zero-order valence-corrected chi connectivity index (χ0v) is 13.1. The molecule has 1 saturated heterocycles. The SMILES string of the molecule is CC(C)N1CCN(CCNCCC(C)(C)C)CC1. The van der Waals surface area contributed by atoms with E-state index in [1.54, 1.807) is 0 Å². The van der Waals surface area contributed by atoms with Gasteiger partial charge in [-0.1, -0.05) is 20.8 Å². The first kappa shape index (κ1) is 15.9. The number of hydrogen-bond acceptors (Lipinski definition) is 3. The van der Waals surface area contributed by atoms with Crippen molar-refractivity contribution in [3.8, 4) is 0 Å². The van der Waals surface area contributed by atoms with Crippen molar-refractivity contribution in [2.75, 3.05) is 45.8 Å². The fraction of sp³-hybridized carbons (Fsp3) is 1.00. The van der Waals surface area contributed by atoms with Crippen LogP contribution in [0.15, 0.2) is 0 Å². The first-order valence-electron chi connectivity index (χ1n) is 7.55. The van der Waals surface area contributed by atoms with Crippen LogP contribution >= 0.6 is 0 Å². The standard InChI is InChI=1S/C15H33N3/c1-14(2)18-12-10-17(11-13-18)9-8-16-7-6-15(3,4)5/h14,16H,6-13H2,1-5H3. The molecule has 1 aliphatic rings. The molecule has 3 heteroatoms. The molecule has 0 aliphatic carbocycles. The molecule has 0 radical (unpaired) electrons. The summed E-state index contributed by atoms with van der Waals surface area (Å²) in [6.07, 6.45) is 1.26. The van der Waals surface area contributed by atoms with E-state index in [2.05, 4.69) is 49.7 Å².